The predicted octanol–water partition coefficient (Wildman–Crippen LogP) is 3.49. The molecule has 0 aliphatic rings. The Morgan fingerprint density at radius 3 is 2.53 bits per heavy atom. The van der Waals surface area contributed by atoms with Crippen LogP contribution in [0.2, 0.25) is 0 Å². The van der Waals surface area contributed by atoms with Crippen LogP contribution < -0.4 is 5.73 Å². The van der Waals surface area contributed by atoms with Crippen molar-refractivity contribution in [3.8, 4) is 0 Å². The standard InChI is InChI=1S/C8H6F2N2S.C2H6/c1-3-2-4(9)5(10)7-6(3)12-8(11)13-7;1-2/h2H,1H3,(H2,11,12);1-2H3. The van der Waals surface area contributed by atoms with Gasteiger partial charge in [0.2, 0.25) is 0 Å². The lowest BCUT2D eigenvalue weighted by molar-refractivity contribution is 0.517. The van der Waals surface area contributed by atoms with Gasteiger partial charge < -0.3 is 5.73 Å². The van der Waals surface area contributed by atoms with Gasteiger partial charge in [-0.15, -0.1) is 0 Å². The molecular weight excluding hydrogens is 218 g/mol. The van der Waals surface area contributed by atoms with E-state index in [1.165, 1.54) is 0 Å². The molecule has 0 amide bonds. The number of aryl methyl sites for hydroxylation is 1. The maximum Gasteiger partial charge on any atom is 0.181 e. The first-order valence-electron chi connectivity index (χ1n) is 4.60. The van der Waals surface area contributed by atoms with Crippen LogP contribution in [-0.2, 0) is 0 Å². The van der Waals surface area contributed by atoms with Crippen molar-refractivity contribution < 1.29 is 8.78 Å². The first-order valence-corrected chi connectivity index (χ1v) is 5.42. The minimum atomic E-state index is -0.866. The van der Waals surface area contributed by atoms with Gasteiger partial charge in [0, 0.05) is 0 Å². The summed E-state index contributed by atoms with van der Waals surface area (Å²) in [6, 6.07) is 1.12. The summed E-state index contributed by atoms with van der Waals surface area (Å²) < 4.78 is 26.2. The molecule has 0 unspecified atom stereocenters. The van der Waals surface area contributed by atoms with E-state index in [2.05, 4.69) is 4.98 Å². The Bertz CT molecular complexity index is 480. The van der Waals surface area contributed by atoms with Crippen molar-refractivity contribution in [3.05, 3.63) is 23.3 Å². The third-order valence-electron chi connectivity index (χ3n) is 1.77. The largest absolute Gasteiger partial charge is 0.375 e. The predicted molar refractivity (Wildman–Crippen MR) is 60.0 cm³/mol. The van der Waals surface area contributed by atoms with Crippen molar-refractivity contribution in [3.63, 3.8) is 0 Å². The monoisotopic (exact) mass is 230 g/mol. The SMILES string of the molecule is CC.Cc1cc(F)c(F)c2sc(N)nc12. The minimum Gasteiger partial charge on any atom is -0.375 e. The van der Waals surface area contributed by atoms with E-state index in [1.807, 2.05) is 13.8 Å². The van der Waals surface area contributed by atoms with Crippen molar-refractivity contribution in [2.45, 2.75) is 20.8 Å². The number of nitrogens with two attached hydrogens (primary N) is 1. The van der Waals surface area contributed by atoms with Crippen molar-refractivity contribution >= 4 is 26.7 Å². The molecule has 0 aliphatic carbocycles. The topological polar surface area (TPSA) is 38.9 Å². The van der Waals surface area contributed by atoms with Crippen LogP contribution in [0.1, 0.15) is 19.4 Å². The van der Waals surface area contributed by atoms with E-state index in [1.54, 1.807) is 6.92 Å². The highest BCUT2D eigenvalue weighted by molar-refractivity contribution is 7.22. The highest BCUT2D eigenvalue weighted by Gasteiger charge is 2.13. The molecule has 5 heteroatoms. The second-order valence-corrected chi connectivity index (χ2v) is 3.75. The number of nitrogen functional groups attached to an aromatic ring is 1. The molecule has 0 radical (unpaired) electrons. The summed E-state index contributed by atoms with van der Waals surface area (Å²) in [6.07, 6.45) is 0. The van der Waals surface area contributed by atoms with E-state index in [9.17, 15) is 8.78 Å². The minimum absolute atomic E-state index is 0.190. The van der Waals surface area contributed by atoms with Crippen LogP contribution in [0.5, 0.6) is 0 Å². The molecule has 2 nitrogen and oxygen atoms in total. The Labute approximate surface area is 90.7 Å². The van der Waals surface area contributed by atoms with Gasteiger partial charge in [-0.25, -0.2) is 13.8 Å². The third kappa shape index (κ3) is 2.07. The van der Waals surface area contributed by atoms with Gasteiger partial charge in [0.25, 0.3) is 0 Å². The number of nitrogens with zero attached hydrogens (tertiary/aromatic N) is 1. The quantitative estimate of drug-likeness (QED) is 0.752. The van der Waals surface area contributed by atoms with E-state index < -0.39 is 11.6 Å². The molecule has 1 aromatic carbocycles. The summed E-state index contributed by atoms with van der Waals surface area (Å²) in [5.41, 5.74) is 6.44. The van der Waals surface area contributed by atoms with E-state index in [-0.39, 0.29) is 9.83 Å². The van der Waals surface area contributed by atoms with Gasteiger partial charge in [-0.05, 0) is 18.6 Å². The van der Waals surface area contributed by atoms with E-state index in [0.717, 1.165) is 17.4 Å². The molecular formula is C10H12F2N2S. The van der Waals surface area contributed by atoms with Crippen LogP contribution in [0.25, 0.3) is 10.2 Å². The first kappa shape index (κ1) is 11.8. The number of aromatic nitrogens is 1. The molecule has 0 bridgehead atoms. The Morgan fingerprint density at radius 2 is 1.93 bits per heavy atom. The van der Waals surface area contributed by atoms with Crippen LogP contribution in [0, 0.1) is 18.6 Å². The Hall–Kier alpha value is -1.23. The summed E-state index contributed by atoms with van der Waals surface area (Å²) in [7, 11) is 0. The Balaban J connectivity index is 0.000000531. The number of thiazole rings is 1. The maximum atomic E-state index is 13.1. The zero-order valence-corrected chi connectivity index (χ0v) is 9.58. The van der Waals surface area contributed by atoms with E-state index >= 15 is 0 Å². The third-order valence-corrected chi connectivity index (χ3v) is 2.65. The molecule has 0 spiro atoms. The van der Waals surface area contributed by atoms with Gasteiger partial charge in [0.15, 0.2) is 16.8 Å². The van der Waals surface area contributed by atoms with Gasteiger partial charge in [-0.2, -0.15) is 0 Å². The van der Waals surface area contributed by atoms with Gasteiger partial charge in [0.1, 0.15) is 0 Å². The Kier molecular flexibility index (Phi) is 3.57. The number of halogens is 2. The normalized spacial score (nSPS) is 9.93. The molecule has 2 N–H and O–H groups in total. The number of fused-ring (bicyclic) bond motifs is 1. The summed E-state index contributed by atoms with van der Waals surface area (Å²) in [5.74, 6) is -1.72. The lowest BCUT2D eigenvalue weighted by Crippen LogP contribution is -1.87. The highest BCUT2D eigenvalue weighted by atomic mass is 32.1. The Morgan fingerprint density at radius 1 is 1.33 bits per heavy atom. The second kappa shape index (κ2) is 4.53. The van der Waals surface area contributed by atoms with Crippen molar-refractivity contribution in [1.29, 1.82) is 0 Å². The summed E-state index contributed by atoms with van der Waals surface area (Å²) in [5, 5.41) is 0.252. The van der Waals surface area contributed by atoms with Crippen molar-refractivity contribution in [2.75, 3.05) is 5.73 Å². The molecule has 0 atom stereocenters. The highest BCUT2D eigenvalue weighted by Crippen LogP contribution is 2.30. The van der Waals surface area contributed by atoms with Crippen LogP contribution in [0.4, 0.5) is 13.9 Å². The number of hydrogen-bond donors (Lipinski definition) is 1. The van der Waals surface area contributed by atoms with Crippen LogP contribution in [0.3, 0.4) is 0 Å². The molecule has 1 heterocycles. The molecule has 2 rings (SSSR count). The smallest absolute Gasteiger partial charge is 0.181 e. The lowest BCUT2D eigenvalue weighted by Gasteiger charge is -1.96. The fourth-order valence-electron chi connectivity index (χ4n) is 1.18. The summed E-state index contributed by atoms with van der Waals surface area (Å²) >= 11 is 0.959. The molecule has 82 valence electrons. The lowest BCUT2D eigenvalue weighted by atomic mass is 10.2. The van der Waals surface area contributed by atoms with Crippen molar-refractivity contribution in [2.24, 2.45) is 0 Å². The zero-order valence-electron chi connectivity index (χ0n) is 8.77. The van der Waals surface area contributed by atoms with Gasteiger partial charge in [-0.3, -0.25) is 0 Å². The molecule has 0 saturated carbocycles. The number of rotatable bonds is 0. The van der Waals surface area contributed by atoms with Gasteiger partial charge >= 0.3 is 0 Å². The molecule has 15 heavy (non-hydrogen) atoms. The van der Waals surface area contributed by atoms with E-state index in [0.29, 0.717) is 11.1 Å². The fourth-order valence-corrected chi connectivity index (χ4v) is 2.02. The number of anilines is 1. The molecule has 2 aromatic rings. The molecule has 0 aliphatic heterocycles. The molecule has 0 saturated heterocycles. The van der Waals surface area contributed by atoms with Crippen molar-refractivity contribution in [1.82, 2.24) is 4.98 Å². The average Bonchev–Trinajstić information content (AvgIpc) is 2.61. The number of benzene rings is 1. The van der Waals surface area contributed by atoms with Crippen LogP contribution in [-0.4, -0.2) is 4.98 Å². The maximum absolute atomic E-state index is 13.1. The molecule has 1 aromatic heterocycles. The van der Waals surface area contributed by atoms with Gasteiger partial charge in [-0.1, -0.05) is 25.2 Å². The first-order chi connectivity index (χ1) is 7.09. The van der Waals surface area contributed by atoms with Crippen LogP contribution >= 0.6 is 11.3 Å². The van der Waals surface area contributed by atoms with E-state index in [4.69, 9.17) is 5.73 Å². The van der Waals surface area contributed by atoms with Crippen LogP contribution in [0.15, 0.2) is 6.07 Å². The summed E-state index contributed by atoms with van der Waals surface area (Å²) in [6.45, 7) is 5.67. The average molecular weight is 230 g/mol. The summed E-state index contributed by atoms with van der Waals surface area (Å²) in [4.78, 5) is 3.90. The van der Waals surface area contributed by atoms with Gasteiger partial charge in [0.05, 0.1) is 10.2 Å². The zero-order chi connectivity index (χ0) is 11.6. The fraction of sp³-hybridized carbons (Fsp3) is 0.300. The molecule has 0 fully saturated rings. The second-order valence-electron chi connectivity index (χ2n) is 2.72. The number of hydrogen-bond acceptors (Lipinski definition) is 3.